The second-order valence-corrected chi connectivity index (χ2v) is 33.9. The van der Waals surface area contributed by atoms with Gasteiger partial charge < -0.3 is 128 Å². The Morgan fingerprint density at radius 1 is 0.581 bits per heavy atom. The molecule has 0 amide bonds. The molecule has 27 nitrogen and oxygen atoms in total. The number of thiocarbonyl (C=S) groups is 1. The summed E-state index contributed by atoms with van der Waals surface area (Å²) in [5, 5.41) is 155. The van der Waals surface area contributed by atoms with Crippen LogP contribution < -0.4 is 9.64 Å². The number of aliphatic hydroxyl groups excluding tert-OH is 14. The Labute approximate surface area is 617 Å². The Balaban J connectivity index is 0.000000399. The first kappa shape index (κ1) is 80.4. The average Bonchev–Trinajstić information content (AvgIpc) is 0.671. The Morgan fingerprint density at radius 3 is 1.83 bits per heavy atom. The molecule has 0 bridgehead atoms. The molecule has 3 aromatic rings. The highest BCUT2D eigenvalue weighted by molar-refractivity contribution is 7.80. The maximum absolute atomic E-state index is 15.4. The second kappa shape index (κ2) is 30.9. The van der Waals surface area contributed by atoms with Gasteiger partial charge in [0.15, 0.2) is 31.3 Å². The van der Waals surface area contributed by atoms with Crippen molar-refractivity contribution in [2.24, 2.45) is 50.2 Å². The number of nitrogens with zero attached hydrogens (tertiary/aromatic N) is 1. The highest BCUT2D eigenvalue weighted by atomic mass is 32.1. The molecule has 9 fully saturated rings. The second-order valence-electron chi connectivity index (χ2n) is 33.5. The molecule has 32 unspecified atom stereocenters. The maximum Gasteiger partial charge on any atom is 0.317 e. The lowest BCUT2D eigenvalue weighted by molar-refractivity contribution is -0.374. The number of hydrogen-bond donors (Lipinski definition) is 14. The number of ether oxygens (including phenoxy) is 11. The van der Waals surface area contributed by atoms with Crippen molar-refractivity contribution in [3.63, 3.8) is 0 Å². The number of rotatable bonds is 13. The zero-order valence-electron chi connectivity index (χ0n) is 61.6. The van der Waals surface area contributed by atoms with Gasteiger partial charge in [0, 0.05) is 12.7 Å². The molecule has 28 heteroatoms. The third-order valence-corrected chi connectivity index (χ3v) is 26.6. The van der Waals surface area contributed by atoms with Gasteiger partial charge in [-0.15, -0.1) is 0 Å². The lowest BCUT2D eigenvalue weighted by Gasteiger charge is -2.71. The van der Waals surface area contributed by atoms with E-state index in [2.05, 4.69) is 85.7 Å². The number of benzene rings is 3. The third kappa shape index (κ3) is 14.7. The quantitative estimate of drug-likeness (QED) is 0.0506. The number of hydrogen-bond acceptors (Lipinski definition) is 27. The average molecular weight is 1500 g/mol. The molecule has 10 aliphatic rings. The predicted molar refractivity (Wildman–Crippen MR) is 379 cm³/mol. The normalized spacial score (nSPS) is 45.8. The third-order valence-electron chi connectivity index (χ3n) is 26.3. The van der Waals surface area contributed by atoms with Crippen molar-refractivity contribution in [1.82, 2.24) is 0 Å². The van der Waals surface area contributed by atoms with Crippen LogP contribution in [0.15, 0.2) is 78.4 Å². The summed E-state index contributed by atoms with van der Waals surface area (Å²) in [5.74, 6) is -0.249. The summed E-state index contributed by atoms with van der Waals surface area (Å²) in [7, 11) is 1.91. The fraction of sp³-hybridized carbons (Fsp3) is 0.740. The number of aryl methyl sites for hydroxylation is 1. The number of allylic oxidation sites excluding steroid dienone is 2. The molecule has 0 radical (unpaired) electrons. The molecular formula is C77H111NO26S. The summed E-state index contributed by atoms with van der Waals surface area (Å²) in [6.07, 6.45) is -29.2. The van der Waals surface area contributed by atoms with Crippen molar-refractivity contribution in [2.75, 3.05) is 31.8 Å². The van der Waals surface area contributed by atoms with Crippen LogP contribution in [0.4, 0.5) is 5.69 Å². The first-order valence-corrected chi connectivity index (χ1v) is 37.5. The van der Waals surface area contributed by atoms with Crippen LogP contribution in [0, 0.1) is 57.2 Å². The van der Waals surface area contributed by atoms with Crippen LogP contribution in [0.25, 0.3) is 10.8 Å². The van der Waals surface area contributed by atoms with Gasteiger partial charge in [-0.2, -0.15) is 0 Å². The summed E-state index contributed by atoms with van der Waals surface area (Å²) >= 11 is 5.41. The van der Waals surface area contributed by atoms with Crippen LogP contribution in [0.2, 0.25) is 0 Å². The summed E-state index contributed by atoms with van der Waals surface area (Å²) in [6, 6.07) is 22.3. The molecule has 4 saturated carbocycles. The minimum absolute atomic E-state index is 0.129. The van der Waals surface area contributed by atoms with Crippen molar-refractivity contribution in [2.45, 2.75) is 281 Å². The zero-order chi connectivity index (χ0) is 76.1. The van der Waals surface area contributed by atoms with E-state index in [1.54, 1.807) is 6.92 Å². The first-order chi connectivity index (χ1) is 49.4. The first-order valence-electron chi connectivity index (χ1n) is 37.1. The van der Waals surface area contributed by atoms with E-state index in [0.717, 1.165) is 41.7 Å². The fourth-order valence-electron chi connectivity index (χ4n) is 19.8. The van der Waals surface area contributed by atoms with Crippen LogP contribution in [-0.2, 0) is 52.2 Å². The van der Waals surface area contributed by atoms with E-state index in [4.69, 9.17) is 64.3 Å². The summed E-state index contributed by atoms with van der Waals surface area (Å²) in [6.45, 7) is 19.3. The molecular weight excluding hydrogens is 1390 g/mol. The number of esters is 1. The smallest absolute Gasteiger partial charge is 0.317 e. The molecule has 5 saturated heterocycles. The number of aliphatic hydroxyl groups is 14. The van der Waals surface area contributed by atoms with Gasteiger partial charge in [-0.25, -0.2) is 0 Å². The van der Waals surface area contributed by atoms with Crippen molar-refractivity contribution in [3.05, 3.63) is 83.9 Å². The molecule has 105 heavy (non-hydrogen) atoms. The molecule has 586 valence electrons. The van der Waals surface area contributed by atoms with Crippen LogP contribution in [0.1, 0.15) is 126 Å². The minimum atomic E-state index is -1.93. The molecule has 14 N–H and O–H groups in total. The predicted octanol–water partition coefficient (Wildman–Crippen LogP) is 3.04. The Bertz CT molecular complexity index is 3570. The molecule has 3 aromatic carbocycles. The van der Waals surface area contributed by atoms with E-state index in [-0.39, 0.29) is 47.5 Å². The van der Waals surface area contributed by atoms with Gasteiger partial charge >= 0.3 is 5.97 Å². The van der Waals surface area contributed by atoms with Crippen molar-refractivity contribution in [3.8, 4) is 5.75 Å². The Morgan fingerprint density at radius 2 is 1.17 bits per heavy atom. The largest absolute Gasteiger partial charge is 0.432 e. The highest BCUT2D eigenvalue weighted by Gasteiger charge is 2.72. The molecule has 5 aliphatic heterocycles. The van der Waals surface area contributed by atoms with Crippen LogP contribution in [0.5, 0.6) is 5.75 Å². The molecule has 0 aromatic heterocycles. The van der Waals surface area contributed by atoms with Gasteiger partial charge in [0.05, 0.1) is 44.2 Å². The van der Waals surface area contributed by atoms with Gasteiger partial charge in [-0.05, 0) is 176 Å². The van der Waals surface area contributed by atoms with Crippen molar-refractivity contribution < 1.29 is 128 Å². The standard InChI is InChI=1S/C58H94O25.C19H17NOS/c1-23-44(80-47-40(69)34(63)27(60)21-74-47)38(67)42(71)48(76-23)79-33-13-14-55(7)30(54(33,5)6)12-15-56(8)31(55)11-10-25-26-18-53(3,4)16-17-58(26,32(62)19-57(25,56)9)52(73)83-51-46(35(64)28(61)22-75-51)82-49-43(72)39(68)45(24(2)77-49)81-50-41(70)37(66)36(65)29(20-59)78-50;1-14-6-5-9-17(12-14)20(2)19(22)21-18-11-10-15-7-3-4-8-16(15)13-18/h10,23-24,26-51,59-72H,11-22H2,1-9H3;3-13H,1-2H3. The Kier molecular flexibility index (Phi) is 23.6. The van der Waals surface area contributed by atoms with Crippen molar-refractivity contribution >= 4 is 39.8 Å². The molecule has 5 aliphatic carbocycles. The fourth-order valence-corrected chi connectivity index (χ4v) is 20.0. The van der Waals surface area contributed by atoms with E-state index in [9.17, 15) is 71.5 Å². The zero-order valence-corrected chi connectivity index (χ0v) is 62.4. The lowest BCUT2D eigenvalue weighted by Crippen LogP contribution is -2.68. The summed E-state index contributed by atoms with van der Waals surface area (Å²) < 4.78 is 65.5. The van der Waals surface area contributed by atoms with Crippen molar-refractivity contribution in [1.29, 1.82) is 0 Å². The van der Waals surface area contributed by atoms with Gasteiger partial charge in [0.25, 0.3) is 5.17 Å². The molecule has 5 heterocycles. The summed E-state index contributed by atoms with van der Waals surface area (Å²) in [4.78, 5) is 17.3. The van der Waals surface area contributed by atoms with E-state index < -0.39 is 195 Å². The van der Waals surface area contributed by atoms with Gasteiger partial charge in [-0.1, -0.05) is 103 Å². The number of fused-ring (bicyclic) bond motifs is 8. The number of anilines is 1. The lowest BCUT2D eigenvalue weighted by atomic mass is 9.33. The van der Waals surface area contributed by atoms with E-state index >= 15 is 4.79 Å². The van der Waals surface area contributed by atoms with Gasteiger partial charge in [-0.3, -0.25) is 4.79 Å². The van der Waals surface area contributed by atoms with E-state index in [0.29, 0.717) is 30.9 Å². The minimum Gasteiger partial charge on any atom is -0.432 e. The van der Waals surface area contributed by atoms with Crippen LogP contribution >= 0.6 is 12.2 Å². The van der Waals surface area contributed by atoms with Gasteiger partial charge in [0.1, 0.15) is 103 Å². The molecule has 13 rings (SSSR count). The van der Waals surface area contributed by atoms with Crippen LogP contribution in [0.3, 0.4) is 0 Å². The molecule has 32 atom stereocenters. The monoisotopic (exact) mass is 1500 g/mol. The highest BCUT2D eigenvalue weighted by Crippen LogP contribution is 2.76. The molecule has 0 spiro atoms. The maximum atomic E-state index is 15.4. The number of carbonyl (C=O) groups excluding carboxylic acids is 1. The summed E-state index contributed by atoms with van der Waals surface area (Å²) in [5.41, 5.74) is -0.0646. The van der Waals surface area contributed by atoms with E-state index in [1.807, 2.05) is 54.4 Å². The Hall–Kier alpha value is -4.10. The van der Waals surface area contributed by atoms with Gasteiger partial charge in [0.2, 0.25) is 6.29 Å². The number of carbonyl (C=O) groups is 1. The SMILES string of the molecule is CC1OC(OC2CCC3(C)C(CCC4(C)C3CC=C3C5CC(C)(C)CCC5(C(=O)OC5OCC(O)C(O)C5OC5OC(C)C(OC6OC(CO)C(O)C(O)C6O)C(O)C5O)C(O)CC34C)C2(C)C)C(O)C(O)C1OC1OCC(O)C(O)C1O.Cc1cccc(N(C)C(=S)Oc2ccc3ccccc3c2)c1. The van der Waals surface area contributed by atoms with Crippen LogP contribution in [-0.4, -0.2) is 263 Å². The van der Waals surface area contributed by atoms with E-state index in [1.165, 1.54) is 17.9 Å². The topological polar surface area (TPSA) is 405 Å².